The number of anilines is 2. The third-order valence-electron chi connectivity index (χ3n) is 4.22. The fourth-order valence-electron chi connectivity index (χ4n) is 2.96. The Bertz CT molecular complexity index is 1010. The molecular weight excluding hydrogens is 492 g/mol. The number of nitrogens with zero attached hydrogens (tertiary/aromatic N) is 3. The summed E-state index contributed by atoms with van der Waals surface area (Å²) in [6.45, 7) is 3.10. The summed E-state index contributed by atoms with van der Waals surface area (Å²) in [5, 5.41) is 3.55. The molecule has 0 aliphatic heterocycles. The minimum Gasteiger partial charge on any atom is -0.329 e. The van der Waals surface area contributed by atoms with E-state index in [2.05, 4.69) is 15.3 Å². The quantitative estimate of drug-likeness (QED) is 0.338. The van der Waals surface area contributed by atoms with E-state index < -0.39 is 11.9 Å². The molecule has 1 aromatic carbocycles. The molecule has 0 aliphatic carbocycles. The van der Waals surface area contributed by atoms with Gasteiger partial charge in [0.15, 0.2) is 10.8 Å². The normalized spacial score (nSPS) is 11.9. The van der Waals surface area contributed by atoms with Crippen LogP contribution in [0.5, 0.6) is 0 Å². The maximum absolute atomic E-state index is 13.7. The molecule has 0 radical (unpaired) electrons. The first-order chi connectivity index (χ1) is 14.7. The molecule has 3 rings (SSSR count). The van der Waals surface area contributed by atoms with E-state index >= 15 is 0 Å². The van der Waals surface area contributed by atoms with E-state index in [4.69, 9.17) is 34.8 Å². The van der Waals surface area contributed by atoms with Crippen LogP contribution in [0.3, 0.4) is 0 Å². The highest BCUT2D eigenvalue weighted by atomic mass is 35.5. The molecule has 0 atom stereocenters. The van der Waals surface area contributed by atoms with Crippen LogP contribution in [0.4, 0.5) is 24.0 Å². The second-order valence-corrected chi connectivity index (χ2v) is 9.02. The molecule has 11 heteroatoms. The highest BCUT2D eigenvalue weighted by molar-refractivity contribution is 7.15. The largest absolute Gasteiger partial charge is 0.434 e. The van der Waals surface area contributed by atoms with Crippen molar-refractivity contribution >= 4 is 57.0 Å². The number of hydrogen-bond acceptors (Lipinski definition) is 5. The molecule has 1 N–H and O–H groups in total. The van der Waals surface area contributed by atoms with E-state index in [0.717, 1.165) is 23.5 Å². The Kier molecular flexibility index (Phi) is 8.04. The Balaban J connectivity index is 1.89. The fourth-order valence-corrected chi connectivity index (χ4v) is 4.90. The molecule has 0 amide bonds. The van der Waals surface area contributed by atoms with Gasteiger partial charge >= 0.3 is 6.18 Å². The highest BCUT2D eigenvalue weighted by Crippen LogP contribution is 2.40. The molecule has 3 aromatic rings. The van der Waals surface area contributed by atoms with E-state index in [1.165, 1.54) is 12.1 Å². The van der Waals surface area contributed by atoms with E-state index in [1.54, 1.807) is 12.3 Å². The zero-order valence-electron chi connectivity index (χ0n) is 16.3. The lowest BCUT2D eigenvalue weighted by atomic mass is 10.2. The van der Waals surface area contributed by atoms with Gasteiger partial charge in [0.05, 0.1) is 26.3 Å². The molecule has 0 unspecified atom stereocenters. The SMILES string of the molecule is CCCN(Cc1ccccn1)Cc1sc(Nc2c(Cl)cc(Cl)cc2Cl)nc1C(F)(F)F. The lowest BCUT2D eigenvalue weighted by molar-refractivity contribution is -0.141. The van der Waals surface area contributed by atoms with Crippen LogP contribution in [0.25, 0.3) is 0 Å². The minimum absolute atomic E-state index is 0.0442. The first-order valence-corrected chi connectivity index (χ1v) is 11.2. The highest BCUT2D eigenvalue weighted by Gasteiger charge is 2.38. The Labute approximate surface area is 197 Å². The summed E-state index contributed by atoms with van der Waals surface area (Å²) in [4.78, 5) is 10.1. The fraction of sp³-hybridized carbons (Fsp3) is 0.300. The van der Waals surface area contributed by atoms with Crippen molar-refractivity contribution in [3.63, 3.8) is 0 Å². The summed E-state index contributed by atoms with van der Waals surface area (Å²) in [6, 6.07) is 8.39. The van der Waals surface area contributed by atoms with E-state index in [0.29, 0.717) is 18.1 Å². The van der Waals surface area contributed by atoms with Gasteiger partial charge in [0.25, 0.3) is 0 Å². The topological polar surface area (TPSA) is 41.1 Å². The van der Waals surface area contributed by atoms with Crippen molar-refractivity contribution in [2.75, 3.05) is 11.9 Å². The van der Waals surface area contributed by atoms with Gasteiger partial charge in [-0.2, -0.15) is 13.2 Å². The van der Waals surface area contributed by atoms with E-state index in [1.807, 2.05) is 24.0 Å². The third kappa shape index (κ3) is 6.46. The number of hydrogen-bond donors (Lipinski definition) is 1. The molecule has 4 nitrogen and oxygen atoms in total. The number of pyridine rings is 1. The Morgan fingerprint density at radius 3 is 2.39 bits per heavy atom. The van der Waals surface area contributed by atoms with Crippen LogP contribution in [0.2, 0.25) is 15.1 Å². The first-order valence-electron chi connectivity index (χ1n) is 9.28. The third-order valence-corrected chi connectivity index (χ3v) is 5.99. The van der Waals surface area contributed by atoms with Crippen molar-refractivity contribution in [2.24, 2.45) is 0 Å². The molecule has 0 saturated carbocycles. The summed E-state index contributed by atoms with van der Waals surface area (Å²) in [5.41, 5.74) is 0.107. The van der Waals surface area contributed by atoms with Gasteiger partial charge in [-0.05, 0) is 37.2 Å². The number of aromatic nitrogens is 2. The van der Waals surface area contributed by atoms with Crippen LogP contribution < -0.4 is 5.32 Å². The van der Waals surface area contributed by atoms with Crippen molar-refractivity contribution in [3.05, 3.63) is 67.9 Å². The molecule has 2 aromatic heterocycles. The summed E-state index contributed by atoms with van der Waals surface area (Å²) in [5.74, 6) is 0. The average molecular weight is 510 g/mol. The predicted octanol–water partition coefficient (Wildman–Crippen LogP) is 7.67. The zero-order chi connectivity index (χ0) is 22.6. The monoisotopic (exact) mass is 508 g/mol. The van der Waals surface area contributed by atoms with Crippen LogP contribution >= 0.6 is 46.1 Å². The van der Waals surface area contributed by atoms with Gasteiger partial charge in [-0.1, -0.05) is 59.1 Å². The summed E-state index contributed by atoms with van der Waals surface area (Å²) in [7, 11) is 0. The van der Waals surface area contributed by atoms with Gasteiger partial charge in [0.1, 0.15) is 0 Å². The van der Waals surface area contributed by atoms with Gasteiger partial charge in [-0.3, -0.25) is 9.88 Å². The molecule has 31 heavy (non-hydrogen) atoms. The number of rotatable bonds is 8. The molecule has 2 heterocycles. The standard InChI is InChI=1S/C20H18Cl3F3N4S/c1-2-7-30(10-13-5-3-4-6-27-13)11-16-18(20(24,25)26)29-19(31-16)28-17-14(22)8-12(21)9-15(17)23/h3-6,8-9H,2,7,10-11H2,1H3,(H,28,29). The van der Waals surface area contributed by atoms with Crippen LogP contribution in [0.1, 0.15) is 29.6 Å². The van der Waals surface area contributed by atoms with Crippen LogP contribution in [0.15, 0.2) is 36.5 Å². The zero-order valence-corrected chi connectivity index (χ0v) is 19.4. The van der Waals surface area contributed by atoms with Gasteiger partial charge in [0.2, 0.25) is 0 Å². The van der Waals surface area contributed by atoms with Gasteiger partial charge in [-0.25, -0.2) is 4.98 Å². The first kappa shape index (κ1) is 24.1. The van der Waals surface area contributed by atoms with Crippen molar-refractivity contribution in [1.29, 1.82) is 0 Å². The number of halogens is 6. The molecule has 0 bridgehead atoms. The number of nitrogens with one attached hydrogen (secondary N) is 1. The Morgan fingerprint density at radius 1 is 1.10 bits per heavy atom. The number of alkyl halides is 3. The van der Waals surface area contributed by atoms with Gasteiger partial charge in [0, 0.05) is 24.3 Å². The molecular formula is C20H18Cl3F3N4S. The lowest BCUT2D eigenvalue weighted by Crippen LogP contribution is -2.25. The predicted molar refractivity (Wildman–Crippen MR) is 121 cm³/mol. The average Bonchev–Trinajstić information content (AvgIpc) is 3.08. The lowest BCUT2D eigenvalue weighted by Gasteiger charge is -2.21. The van der Waals surface area contributed by atoms with E-state index in [9.17, 15) is 13.2 Å². The maximum Gasteiger partial charge on any atom is 0.434 e. The van der Waals surface area contributed by atoms with Crippen LogP contribution in [0, 0.1) is 0 Å². The molecule has 0 aliphatic rings. The van der Waals surface area contributed by atoms with Crippen molar-refractivity contribution in [2.45, 2.75) is 32.6 Å². The van der Waals surface area contributed by atoms with E-state index in [-0.39, 0.29) is 32.3 Å². The molecule has 0 saturated heterocycles. The van der Waals surface area contributed by atoms with Crippen LogP contribution in [-0.2, 0) is 19.3 Å². The molecule has 0 fully saturated rings. The maximum atomic E-state index is 13.7. The second-order valence-electron chi connectivity index (χ2n) is 6.69. The van der Waals surface area contributed by atoms with Crippen LogP contribution in [-0.4, -0.2) is 21.4 Å². The number of thiazole rings is 1. The minimum atomic E-state index is -4.60. The van der Waals surface area contributed by atoms with Crippen molar-refractivity contribution in [1.82, 2.24) is 14.9 Å². The van der Waals surface area contributed by atoms with Crippen molar-refractivity contribution < 1.29 is 13.2 Å². The van der Waals surface area contributed by atoms with Crippen molar-refractivity contribution in [3.8, 4) is 0 Å². The van der Waals surface area contributed by atoms with Gasteiger partial charge in [-0.15, -0.1) is 0 Å². The Morgan fingerprint density at radius 2 is 1.81 bits per heavy atom. The molecule has 166 valence electrons. The summed E-state index contributed by atoms with van der Waals surface area (Å²) < 4.78 is 41.1. The summed E-state index contributed by atoms with van der Waals surface area (Å²) >= 11 is 19.1. The Hall–Kier alpha value is -1.58. The smallest absolute Gasteiger partial charge is 0.329 e. The number of benzene rings is 1. The van der Waals surface area contributed by atoms with Gasteiger partial charge < -0.3 is 5.32 Å². The second kappa shape index (κ2) is 10.4. The molecule has 0 spiro atoms. The summed E-state index contributed by atoms with van der Waals surface area (Å²) in [6.07, 6.45) is -2.15.